The molecule has 0 spiro atoms. The highest BCUT2D eigenvalue weighted by atomic mass is 15.4. The third kappa shape index (κ3) is 1.64. The van der Waals surface area contributed by atoms with Crippen LogP contribution in [0.1, 0.15) is 5.82 Å². The molecule has 6 heteroatoms. The summed E-state index contributed by atoms with van der Waals surface area (Å²) in [6.07, 6.45) is 0. The zero-order valence-corrected chi connectivity index (χ0v) is 10.3. The van der Waals surface area contributed by atoms with E-state index < -0.39 is 0 Å². The molecule has 90 valence electrons. The van der Waals surface area contributed by atoms with Gasteiger partial charge in [-0.2, -0.15) is 4.52 Å². The van der Waals surface area contributed by atoms with Crippen molar-refractivity contribution in [2.45, 2.75) is 13.0 Å². The molecule has 1 fully saturated rings. The van der Waals surface area contributed by atoms with Crippen LogP contribution in [0.3, 0.4) is 0 Å². The second kappa shape index (κ2) is 3.66. The summed E-state index contributed by atoms with van der Waals surface area (Å²) in [6.45, 7) is 3.98. The Morgan fingerprint density at radius 2 is 2.00 bits per heavy atom. The van der Waals surface area contributed by atoms with Gasteiger partial charge in [0.1, 0.15) is 5.82 Å². The number of rotatable bonds is 2. The van der Waals surface area contributed by atoms with Gasteiger partial charge in [-0.25, -0.2) is 0 Å². The van der Waals surface area contributed by atoms with Gasteiger partial charge in [0.25, 0.3) is 0 Å². The SMILES string of the molecule is Cc1nnc2ccc(N3CC(N(C)C)C3)nn12. The number of hydrogen-bond acceptors (Lipinski definition) is 5. The average molecular weight is 232 g/mol. The minimum absolute atomic E-state index is 0.634. The van der Waals surface area contributed by atoms with Crippen molar-refractivity contribution in [1.29, 1.82) is 0 Å². The van der Waals surface area contributed by atoms with Crippen LogP contribution in [0, 0.1) is 6.92 Å². The quantitative estimate of drug-likeness (QED) is 0.739. The summed E-state index contributed by atoms with van der Waals surface area (Å²) in [4.78, 5) is 4.52. The summed E-state index contributed by atoms with van der Waals surface area (Å²) >= 11 is 0. The lowest BCUT2D eigenvalue weighted by molar-refractivity contribution is 0.245. The summed E-state index contributed by atoms with van der Waals surface area (Å²) < 4.78 is 1.79. The van der Waals surface area contributed by atoms with Crippen molar-refractivity contribution in [3.05, 3.63) is 18.0 Å². The third-order valence-corrected chi connectivity index (χ3v) is 3.32. The first-order valence-electron chi connectivity index (χ1n) is 5.75. The van der Waals surface area contributed by atoms with Crippen molar-refractivity contribution in [2.24, 2.45) is 0 Å². The molecule has 0 amide bonds. The number of aromatic nitrogens is 4. The molecule has 0 bridgehead atoms. The lowest BCUT2D eigenvalue weighted by atomic mass is 10.1. The van der Waals surface area contributed by atoms with Gasteiger partial charge in [0.15, 0.2) is 11.5 Å². The first kappa shape index (κ1) is 10.5. The maximum atomic E-state index is 4.55. The summed E-state index contributed by atoms with van der Waals surface area (Å²) in [6, 6.07) is 4.61. The summed E-state index contributed by atoms with van der Waals surface area (Å²) in [7, 11) is 4.23. The molecular weight excluding hydrogens is 216 g/mol. The Bertz CT molecular complexity index is 540. The van der Waals surface area contributed by atoms with Gasteiger partial charge in [0.05, 0.1) is 0 Å². The fourth-order valence-electron chi connectivity index (χ4n) is 2.02. The smallest absolute Gasteiger partial charge is 0.178 e. The van der Waals surface area contributed by atoms with E-state index in [4.69, 9.17) is 0 Å². The van der Waals surface area contributed by atoms with E-state index in [0.29, 0.717) is 6.04 Å². The maximum absolute atomic E-state index is 4.55. The summed E-state index contributed by atoms with van der Waals surface area (Å²) in [5.74, 6) is 1.82. The Labute approximate surface area is 99.8 Å². The van der Waals surface area contributed by atoms with Gasteiger partial charge in [-0.15, -0.1) is 15.3 Å². The van der Waals surface area contributed by atoms with Crippen molar-refractivity contribution in [3.63, 3.8) is 0 Å². The lowest BCUT2D eigenvalue weighted by Crippen LogP contribution is -2.57. The Kier molecular flexibility index (Phi) is 2.25. The number of fused-ring (bicyclic) bond motifs is 1. The highest BCUT2D eigenvalue weighted by Gasteiger charge is 2.29. The van der Waals surface area contributed by atoms with Crippen LogP contribution in [0.25, 0.3) is 5.65 Å². The first-order chi connectivity index (χ1) is 8.15. The number of nitrogens with zero attached hydrogens (tertiary/aromatic N) is 6. The van der Waals surface area contributed by atoms with Crippen molar-refractivity contribution in [3.8, 4) is 0 Å². The van der Waals surface area contributed by atoms with Gasteiger partial charge in [0, 0.05) is 19.1 Å². The first-order valence-corrected chi connectivity index (χ1v) is 5.75. The molecule has 2 aromatic heterocycles. The summed E-state index contributed by atoms with van der Waals surface area (Å²) in [5.41, 5.74) is 0.802. The fourth-order valence-corrected chi connectivity index (χ4v) is 2.02. The van der Waals surface area contributed by atoms with Crippen LogP contribution in [0.4, 0.5) is 5.82 Å². The molecule has 0 aliphatic carbocycles. The topological polar surface area (TPSA) is 49.6 Å². The van der Waals surface area contributed by atoms with E-state index >= 15 is 0 Å². The molecule has 0 atom stereocenters. The fraction of sp³-hybridized carbons (Fsp3) is 0.545. The molecule has 0 unspecified atom stereocenters. The van der Waals surface area contributed by atoms with E-state index in [0.717, 1.165) is 30.4 Å². The Morgan fingerprint density at radius 1 is 1.24 bits per heavy atom. The van der Waals surface area contributed by atoms with Crippen LogP contribution < -0.4 is 4.90 Å². The predicted octanol–water partition coefficient (Wildman–Crippen LogP) is 0.183. The van der Waals surface area contributed by atoms with Crippen LogP contribution in [0.5, 0.6) is 0 Å². The van der Waals surface area contributed by atoms with Gasteiger partial charge in [0.2, 0.25) is 0 Å². The molecule has 3 rings (SSSR count). The third-order valence-electron chi connectivity index (χ3n) is 3.32. The van der Waals surface area contributed by atoms with Crippen molar-refractivity contribution in [1.82, 2.24) is 24.7 Å². The van der Waals surface area contributed by atoms with Crippen LogP contribution in [-0.4, -0.2) is 57.9 Å². The van der Waals surface area contributed by atoms with E-state index in [-0.39, 0.29) is 0 Å². The van der Waals surface area contributed by atoms with Gasteiger partial charge in [-0.05, 0) is 33.2 Å². The second-order valence-electron chi connectivity index (χ2n) is 4.73. The standard InChI is InChI=1S/C11H16N6/c1-8-12-13-10-4-5-11(14-17(8)10)16-6-9(7-16)15(2)3/h4-5,9H,6-7H2,1-3H3. The molecule has 0 aromatic carbocycles. The van der Waals surface area contributed by atoms with Crippen LogP contribution in [-0.2, 0) is 0 Å². The zero-order valence-electron chi connectivity index (χ0n) is 10.3. The zero-order chi connectivity index (χ0) is 12.0. The number of hydrogen-bond donors (Lipinski definition) is 0. The molecule has 1 saturated heterocycles. The predicted molar refractivity (Wildman–Crippen MR) is 65.2 cm³/mol. The molecule has 1 aliphatic heterocycles. The molecule has 6 nitrogen and oxygen atoms in total. The Morgan fingerprint density at radius 3 is 2.71 bits per heavy atom. The van der Waals surface area contributed by atoms with Gasteiger partial charge in [-0.3, -0.25) is 0 Å². The Hall–Kier alpha value is -1.69. The highest BCUT2D eigenvalue weighted by Crippen LogP contribution is 2.20. The second-order valence-corrected chi connectivity index (χ2v) is 4.73. The van der Waals surface area contributed by atoms with E-state index in [9.17, 15) is 0 Å². The van der Waals surface area contributed by atoms with Gasteiger partial charge >= 0.3 is 0 Å². The normalized spacial score (nSPS) is 16.8. The molecule has 0 N–H and O–H groups in total. The number of anilines is 1. The highest BCUT2D eigenvalue weighted by molar-refractivity contribution is 5.47. The van der Waals surface area contributed by atoms with E-state index in [1.807, 2.05) is 19.1 Å². The molecule has 17 heavy (non-hydrogen) atoms. The van der Waals surface area contributed by atoms with E-state index in [1.54, 1.807) is 4.52 Å². The average Bonchev–Trinajstić information content (AvgIpc) is 2.58. The maximum Gasteiger partial charge on any atom is 0.178 e. The van der Waals surface area contributed by atoms with Crippen LogP contribution >= 0.6 is 0 Å². The largest absolute Gasteiger partial charge is 0.352 e. The molecule has 1 aliphatic rings. The molecule has 0 saturated carbocycles. The monoisotopic (exact) mass is 232 g/mol. The molecule has 2 aromatic rings. The summed E-state index contributed by atoms with van der Waals surface area (Å²) in [5, 5.41) is 12.6. The molecule has 0 radical (unpaired) electrons. The Balaban J connectivity index is 1.85. The molecule has 3 heterocycles. The van der Waals surface area contributed by atoms with Crippen molar-refractivity contribution in [2.75, 3.05) is 32.1 Å². The number of likely N-dealkylation sites (N-methyl/N-ethyl adjacent to an activating group) is 1. The van der Waals surface area contributed by atoms with Crippen LogP contribution in [0.15, 0.2) is 12.1 Å². The van der Waals surface area contributed by atoms with Crippen molar-refractivity contribution >= 4 is 11.5 Å². The van der Waals surface area contributed by atoms with Gasteiger partial charge < -0.3 is 9.80 Å². The number of aryl methyl sites for hydroxylation is 1. The lowest BCUT2D eigenvalue weighted by Gasteiger charge is -2.43. The van der Waals surface area contributed by atoms with E-state index in [2.05, 4.69) is 39.2 Å². The van der Waals surface area contributed by atoms with Gasteiger partial charge in [-0.1, -0.05) is 0 Å². The van der Waals surface area contributed by atoms with Crippen LogP contribution in [0.2, 0.25) is 0 Å². The van der Waals surface area contributed by atoms with E-state index in [1.165, 1.54) is 0 Å². The minimum Gasteiger partial charge on any atom is -0.352 e. The minimum atomic E-state index is 0.634. The van der Waals surface area contributed by atoms with Crippen molar-refractivity contribution < 1.29 is 0 Å². The molecular formula is C11H16N6.